The summed E-state index contributed by atoms with van der Waals surface area (Å²) in [7, 11) is -1.53. The Balaban J connectivity index is 0.00000162. The van der Waals surface area contributed by atoms with Crippen molar-refractivity contribution in [3.8, 4) is 0 Å². The third kappa shape index (κ3) is 3.68. The third-order valence-electron chi connectivity index (χ3n) is 3.18. The average Bonchev–Trinajstić information content (AvgIpc) is 2.82. The fourth-order valence-corrected chi connectivity index (χ4v) is 3.52. The van der Waals surface area contributed by atoms with Gasteiger partial charge in [-0.25, -0.2) is 12.7 Å². The maximum Gasteiger partial charge on any atom is 0.218 e. The first-order valence-corrected chi connectivity index (χ1v) is 7.41. The van der Waals surface area contributed by atoms with E-state index in [4.69, 9.17) is 0 Å². The topological polar surface area (TPSA) is 49.4 Å². The van der Waals surface area contributed by atoms with E-state index in [0.717, 1.165) is 25.1 Å². The second kappa shape index (κ2) is 6.52. The van der Waals surface area contributed by atoms with Crippen LogP contribution < -0.4 is 5.32 Å². The van der Waals surface area contributed by atoms with Gasteiger partial charge in [0.25, 0.3) is 0 Å². The molecule has 1 aromatic rings. The van der Waals surface area contributed by atoms with Crippen molar-refractivity contribution < 1.29 is 8.42 Å². The highest BCUT2D eigenvalue weighted by Gasteiger charge is 2.28. The Morgan fingerprint density at radius 2 is 2.00 bits per heavy atom. The second-order valence-corrected chi connectivity index (χ2v) is 6.43. The molecule has 1 aliphatic heterocycles. The van der Waals surface area contributed by atoms with Crippen LogP contribution >= 0.6 is 12.4 Å². The molecule has 1 saturated heterocycles. The molecule has 1 N–H and O–H groups in total. The maximum atomic E-state index is 12.2. The molecule has 1 unspecified atom stereocenters. The first-order valence-electron chi connectivity index (χ1n) is 5.80. The zero-order valence-corrected chi connectivity index (χ0v) is 12.0. The number of nitrogens with zero attached hydrogens (tertiary/aromatic N) is 1. The molecule has 0 amide bonds. The fourth-order valence-electron chi connectivity index (χ4n) is 2.06. The van der Waals surface area contributed by atoms with Gasteiger partial charge in [-0.2, -0.15) is 0 Å². The second-order valence-electron chi connectivity index (χ2n) is 4.40. The summed E-state index contributed by atoms with van der Waals surface area (Å²) >= 11 is 0. The molecule has 0 aliphatic carbocycles. The highest BCUT2D eigenvalue weighted by Crippen LogP contribution is 2.15. The Bertz CT molecular complexity index is 458. The van der Waals surface area contributed by atoms with Crippen molar-refractivity contribution in [2.45, 2.75) is 18.2 Å². The van der Waals surface area contributed by atoms with Gasteiger partial charge in [0, 0.05) is 19.6 Å². The normalized spacial score (nSPS) is 19.8. The van der Waals surface area contributed by atoms with Crippen molar-refractivity contribution in [2.24, 2.45) is 0 Å². The maximum absolute atomic E-state index is 12.2. The smallest absolute Gasteiger partial charge is 0.218 e. The largest absolute Gasteiger partial charge is 0.315 e. The van der Waals surface area contributed by atoms with E-state index in [2.05, 4.69) is 5.32 Å². The molecule has 0 aromatic heterocycles. The van der Waals surface area contributed by atoms with Crippen molar-refractivity contribution in [1.82, 2.24) is 9.62 Å². The molecule has 1 heterocycles. The van der Waals surface area contributed by atoms with Crippen LogP contribution in [0.3, 0.4) is 0 Å². The van der Waals surface area contributed by atoms with E-state index < -0.39 is 10.0 Å². The Kier molecular flexibility index (Phi) is 5.59. The molecule has 1 atom stereocenters. The van der Waals surface area contributed by atoms with Crippen molar-refractivity contribution in [1.29, 1.82) is 0 Å². The quantitative estimate of drug-likeness (QED) is 0.907. The van der Waals surface area contributed by atoms with E-state index in [1.54, 1.807) is 7.05 Å². The van der Waals surface area contributed by atoms with E-state index in [0.29, 0.717) is 0 Å². The highest BCUT2D eigenvalue weighted by atomic mass is 35.5. The molecule has 1 aliphatic rings. The summed E-state index contributed by atoms with van der Waals surface area (Å²) < 4.78 is 25.9. The fraction of sp³-hybridized carbons (Fsp3) is 0.500. The van der Waals surface area contributed by atoms with Crippen LogP contribution in [0.4, 0.5) is 0 Å². The van der Waals surface area contributed by atoms with Crippen molar-refractivity contribution in [2.75, 3.05) is 20.1 Å². The lowest BCUT2D eigenvalue weighted by atomic mass is 10.2. The van der Waals surface area contributed by atoms with Crippen LogP contribution in [0.1, 0.15) is 12.0 Å². The first-order chi connectivity index (χ1) is 8.09. The number of rotatable bonds is 4. The van der Waals surface area contributed by atoms with Crippen LogP contribution in [0.25, 0.3) is 0 Å². The number of hydrogen-bond donors (Lipinski definition) is 1. The van der Waals surface area contributed by atoms with Crippen LogP contribution in [-0.4, -0.2) is 38.9 Å². The lowest BCUT2D eigenvalue weighted by Crippen LogP contribution is -2.38. The number of benzene rings is 1. The first kappa shape index (κ1) is 15.4. The molecule has 0 spiro atoms. The molecule has 2 rings (SSSR count). The van der Waals surface area contributed by atoms with Gasteiger partial charge < -0.3 is 5.32 Å². The van der Waals surface area contributed by atoms with E-state index >= 15 is 0 Å². The van der Waals surface area contributed by atoms with Crippen molar-refractivity contribution >= 4 is 22.4 Å². The average molecular weight is 291 g/mol. The van der Waals surface area contributed by atoms with Crippen LogP contribution in [0.15, 0.2) is 30.3 Å². The van der Waals surface area contributed by atoms with Gasteiger partial charge in [0.2, 0.25) is 10.0 Å². The summed E-state index contributed by atoms with van der Waals surface area (Å²) in [5.74, 6) is 0.0842. The molecule has 18 heavy (non-hydrogen) atoms. The Morgan fingerprint density at radius 3 is 2.56 bits per heavy atom. The monoisotopic (exact) mass is 290 g/mol. The molecule has 4 nitrogen and oxygen atoms in total. The minimum atomic E-state index is -3.20. The minimum Gasteiger partial charge on any atom is -0.315 e. The zero-order chi connectivity index (χ0) is 12.3. The summed E-state index contributed by atoms with van der Waals surface area (Å²) in [5.41, 5.74) is 0.838. The Labute approximate surface area is 115 Å². The Hall–Kier alpha value is -0.620. The SMILES string of the molecule is CN(C1CCNC1)S(=O)(=O)Cc1ccccc1.Cl. The van der Waals surface area contributed by atoms with E-state index in [1.807, 2.05) is 30.3 Å². The lowest BCUT2D eigenvalue weighted by molar-refractivity contribution is 0.387. The van der Waals surface area contributed by atoms with Gasteiger partial charge in [0.05, 0.1) is 5.75 Å². The molecule has 102 valence electrons. The van der Waals surface area contributed by atoms with Gasteiger partial charge in [-0.3, -0.25) is 0 Å². The molecule has 0 bridgehead atoms. The van der Waals surface area contributed by atoms with Gasteiger partial charge in [0.1, 0.15) is 0 Å². The number of halogens is 1. The molecule has 1 fully saturated rings. The van der Waals surface area contributed by atoms with Crippen LogP contribution in [0.5, 0.6) is 0 Å². The van der Waals surface area contributed by atoms with Crippen LogP contribution in [-0.2, 0) is 15.8 Å². The summed E-state index contributed by atoms with van der Waals surface area (Å²) in [4.78, 5) is 0. The number of sulfonamides is 1. The summed E-state index contributed by atoms with van der Waals surface area (Å²) in [6.45, 7) is 1.65. The predicted molar refractivity (Wildman–Crippen MR) is 75.4 cm³/mol. The lowest BCUT2D eigenvalue weighted by Gasteiger charge is -2.23. The van der Waals surface area contributed by atoms with Crippen molar-refractivity contribution in [3.63, 3.8) is 0 Å². The van der Waals surface area contributed by atoms with Gasteiger partial charge in [-0.15, -0.1) is 12.4 Å². The van der Waals surface area contributed by atoms with E-state index in [9.17, 15) is 8.42 Å². The van der Waals surface area contributed by atoms with Gasteiger partial charge >= 0.3 is 0 Å². The molecule has 0 saturated carbocycles. The molecular formula is C12H19ClN2O2S. The zero-order valence-electron chi connectivity index (χ0n) is 10.4. The van der Waals surface area contributed by atoms with Gasteiger partial charge in [-0.1, -0.05) is 30.3 Å². The summed E-state index contributed by atoms with van der Waals surface area (Å²) in [6, 6.07) is 9.41. The van der Waals surface area contributed by atoms with Crippen LogP contribution in [0, 0.1) is 0 Å². The molecular weight excluding hydrogens is 272 g/mol. The molecule has 1 aromatic carbocycles. The van der Waals surface area contributed by atoms with Crippen LogP contribution in [0.2, 0.25) is 0 Å². The standard InChI is InChI=1S/C12H18N2O2S.ClH/c1-14(12-7-8-13-9-12)17(15,16)10-11-5-3-2-4-6-11;/h2-6,12-13H,7-10H2,1H3;1H. The highest BCUT2D eigenvalue weighted by molar-refractivity contribution is 7.88. The predicted octanol–water partition coefficient (Wildman–Crippen LogP) is 1.23. The van der Waals surface area contributed by atoms with E-state index in [1.165, 1.54) is 4.31 Å². The summed E-state index contributed by atoms with van der Waals surface area (Å²) in [6.07, 6.45) is 0.893. The Morgan fingerprint density at radius 1 is 1.33 bits per heavy atom. The van der Waals surface area contributed by atoms with E-state index in [-0.39, 0.29) is 24.2 Å². The number of likely N-dealkylation sites (N-methyl/N-ethyl adjacent to an activating group) is 1. The minimum absolute atomic E-state index is 0. The third-order valence-corrected chi connectivity index (χ3v) is 5.05. The summed E-state index contributed by atoms with van der Waals surface area (Å²) in [5, 5.41) is 3.18. The number of hydrogen-bond acceptors (Lipinski definition) is 3. The van der Waals surface area contributed by atoms with Crippen molar-refractivity contribution in [3.05, 3.63) is 35.9 Å². The van der Waals surface area contributed by atoms with Gasteiger partial charge in [0.15, 0.2) is 0 Å². The number of nitrogens with one attached hydrogen (secondary N) is 1. The molecule has 0 radical (unpaired) electrons. The van der Waals surface area contributed by atoms with Gasteiger partial charge in [-0.05, 0) is 18.5 Å². The molecule has 6 heteroatoms.